The van der Waals surface area contributed by atoms with Crippen LogP contribution in [0.2, 0.25) is 0 Å². The summed E-state index contributed by atoms with van der Waals surface area (Å²) in [6.07, 6.45) is -7.35. The van der Waals surface area contributed by atoms with E-state index in [1.807, 2.05) is 0 Å². The van der Waals surface area contributed by atoms with Crippen LogP contribution >= 0.6 is 0 Å². The summed E-state index contributed by atoms with van der Waals surface area (Å²) in [7, 11) is 0. The average Bonchev–Trinajstić information content (AvgIpc) is 2.40. The van der Waals surface area contributed by atoms with Gasteiger partial charge in [-0.25, -0.2) is 0 Å². The van der Waals surface area contributed by atoms with Gasteiger partial charge in [0.25, 0.3) is 0 Å². The number of carbonyl (C=O) groups excluding carboxylic acids is 1. The Labute approximate surface area is 119 Å². The molecule has 124 valence electrons. The van der Waals surface area contributed by atoms with Crippen molar-refractivity contribution in [1.82, 2.24) is 0 Å². The molecule has 1 saturated heterocycles. The number of primary amides is 1. The van der Waals surface area contributed by atoms with E-state index in [2.05, 4.69) is 10.5 Å². The lowest BCUT2D eigenvalue weighted by Crippen LogP contribution is -2.58. The highest BCUT2D eigenvalue weighted by atomic mass is 16.6. The number of aliphatic hydroxyl groups excluding tert-OH is 5. The number of aliphatic carboxylic acids is 1. The molecule has 1 heterocycles. The van der Waals surface area contributed by atoms with Crippen LogP contribution in [0.15, 0.2) is 0 Å². The fourth-order valence-corrected chi connectivity index (χ4v) is 1.39. The van der Waals surface area contributed by atoms with E-state index in [1.54, 1.807) is 0 Å². The summed E-state index contributed by atoms with van der Waals surface area (Å²) in [4.78, 5) is 19.9. The molecule has 1 aliphatic heterocycles. The molecule has 11 heteroatoms. The summed E-state index contributed by atoms with van der Waals surface area (Å²) in [5.74, 6) is -1.92. The number of hydrogen-bond acceptors (Lipinski definition) is 9. The molecule has 11 nitrogen and oxygen atoms in total. The predicted molar refractivity (Wildman–Crippen MR) is 65.4 cm³/mol. The minimum absolute atomic E-state index is 0.310. The minimum Gasteiger partial charge on any atom is -0.480 e. The maximum atomic E-state index is 9.99. The van der Waals surface area contributed by atoms with Gasteiger partial charge in [0.2, 0.25) is 5.91 Å². The first-order chi connectivity index (χ1) is 9.61. The van der Waals surface area contributed by atoms with Crippen molar-refractivity contribution in [3.8, 4) is 0 Å². The first kappa shape index (κ1) is 19.7. The van der Waals surface area contributed by atoms with Gasteiger partial charge >= 0.3 is 5.97 Å². The first-order valence-corrected chi connectivity index (χ1v) is 5.87. The Kier molecular flexibility index (Phi) is 8.27. The van der Waals surface area contributed by atoms with Crippen molar-refractivity contribution < 1.29 is 45.0 Å². The van der Waals surface area contributed by atoms with Crippen molar-refractivity contribution in [3.05, 3.63) is 0 Å². The second-order valence-electron chi connectivity index (χ2n) is 4.33. The number of nitrogens with two attached hydrogens (primary N) is 2. The van der Waals surface area contributed by atoms with Gasteiger partial charge in [-0.05, 0) is 0 Å². The third-order valence-electron chi connectivity index (χ3n) is 2.61. The van der Waals surface area contributed by atoms with Crippen molar-refractivity contribution >= 4 is 11.9 Å². The predicted octanol–water partition coefficient (Wildman–Crippen LogP) is -4.95. The zero-order valence-electron chi connectivity index (χ0n) is 10.9. The Balaban J connectivity index is 0.000000400. The summed E-state index contributed by atoms with van der Waals surface area (Å²) in [5, 5.41) is 52.8. The highest BCUT2D eigenvalue weighted by Gasteiger charge is 2.42. The van der Waals surface area contributed by atoms with Gasteiger partial charge in [0, 0.05) is 0 Å². The van der Waals surface area contributed by atoms with E-state index in [0.29, 0.717) is 0 Å². The van der Waals surface area contributed by atoms with Crippen molar-refractivity contribution in [2.75, 3.05) is 6.61 Å². The molecule has 1 rings (SSSR count). The van der Waals surface area contributed by atoms with Gasteiger partial charge in [0.15, 0.2) is 6.29 Å². The quantitative estimate of drug-likeness (QED) is 0.247. The third-order valence-corrected chi connectivity index (χ3v) is 2.61. The molecule has 0 aliphatic carbocycles. The van der Waals surface area contributed by atoms with Crippen LogP contribution in [-0.4, -0.2) is 85.9 Å². The Hall–Kier alpha value is -1.34. The van der Waals surface area contributed by atoms with Crippen LogP contribution in [0.25, 0.3) is 0 Å². The lowest BCUT2D eigenvalue weighted by Gasteiger charge is -2.37. The number of rotatable bonds is 4. The lowest BCUT2D eigenvalue weighted by atomic mass is 10.00. The number of aliphatic hydroxyl groups is 5. The molecule has 0 aromatic rings. The molecule has 21 heavy (non-hydrogen) atoms. The number of ether oxygens (including phenoxy) is 1. The SMILES string of the molecule is NC(=O)C[C@H](N)C(=O)O.OC[C@H]1OC(O)[C@H](O)[C@@H](O)[C@@H]1O. The van der Waals surface area contributed by atoms with Crippen LogP contribution in [0, 0.1) is 0 Å². The van der Waals surface area contributed by atoms with Gasteiger partial charge in [0.05, 0.1) is 13.0 Å². The van der Waals surface area contributed by atoms with Crippen LogP contribution in [0.5, 0.6) is 0 Å². The van der Waals surface area contributed by atoms with Gasteiger partial charge in [-0.2, -0.15) is 0 Å². The standard InChI is InChI=1S/C6H12O6.C4H8N2O3/c7-1-2-3(8)4(9)5(10)6(11)12-2;5-2(4(8)9)1-3(6)7/h2-11H,1H2;2H,1,5H2,(H2,6,7)(H,8,9)/t2-,3-,4+,5-,6?;2-/m10/s1. The van der Waals surface area contributed by atoms with Crippen LogP contribution in [0.3, 0.4) is 0 Å². The molecule has 1 amide bonds. The van der Waals surface area contributed by atoms with Crippen molar-refractivity contribution in [3.63, 3.8) is 0 Å². The number of hydrogen-bond donors (Lipinski definition) is 8. The van der Waals surface area contributed by atoms with E-state index in [4.69, 9.17) is 36.4 Å². The zero-order valence-corrected chi connectivity index (χ0v) is 10.9. The number of carbonyl (C=O) groups is 2. The molecule has 1 fully saturated rings. The van der Waals surface area contributed by atoms with E-state index >= 15 is 0 Å². The summed E-state index contributed by atoms with van der Waals surface area (Å²) >= 11 is 0. The summed E-state index contributed by atoms with van der Waals surface area (Å²) in [6, 6.07) is -1.16. The topological polar surface area (TPSA) is 217 Å². The van der Waals surface area contributed by atoms with Gasteiger partial charge in [-0.15, -0.1) is 0 Å². The molecule has 6 atom stereocenters. The lowest BCUT2D eigenvalue weighted by molar-refractivity contribution is -0.286. The molecule has 0 aromatic carbocycles. The number of carboxylic acids is 1. The van der Waals surface area contributed by atoms with Gasteiger partial charge in [-0.1, -0.05) is 0 Å². The van der Waals surface area contributed by atoms with E-state index in [0.717, 1.165) is 0 Å². The van der Waals surface area contributed by atoms with Gasteiger partial charge in [0.1, 0.15) is 30.5 Å². The molecular formula is C10H20N2O9. The molecule has 0 saturated carbocycles. The van der Waals surface area contributed by atoms with Crippen molar-refractivity contribution in [1.29, 1.82) is 0 Å². The fourth-order valence-electron chi connectivity index (χ4n) is 1.39. The monoisotopic (exact) mass is 312 g/mol. The van der Waals surface area contributed by atoms with Crippen molar-refractivity contribution in [2.45, 2.75) is 43.2 Å². The van der Waals surface area contributed by atoms with E-state index < -0.39 is 55.2 Å². The van der Waals surface area contributed by atoms with Crippen LogP contribution < -0.4 is 11.5 Å². The van der Waals surface area contributed by atoms with Crippen molar-refractivity contribution in [2.24, 2.45) is 11.5 Å². The second-order valence-corrected chi connectivity index (χ2v) is 4.33. The van der Waals surface area contributed by atoms with Crippen LogP contribution in [0.1, 0.15) is 6.42 Å². The largest absolute Gasteiger partial charge is 0.480 e. The van der Waals surface area contributed by atoms with Crippen LogP contribution in [0.4, 0.5) is 0 Å². The van der Waals surface area contributed by atoms with E-state index in [-0.39, 0.29) is 6.42 Å². The zero-order chi connectivity index (χ0) is 16.7. The molecule has 0 bridgehead atoms. The summed E-state index contributed by atoms with van der Waals surface area (Å²) in [5.41, 5.74) is 9.57. The van der Waals surface area contributed by atoms with Gasteiger partial charge in [-0.3, -0.25) is 9.59 Å². The smallest absolute Gasteiger partial charge is 0.321 e. The molecule has 0 radical (unpaired) electrons. The molecular weight excluding hydrogens is 292 g/mol. The molecule has 0 aromatic heterocycles. The maximum Gasteiger partial charge on any atom is 0.321 e. The molecule has 10 N–H and O–H groups in total. The van der Waals surface area contributed by atoms with Crippen LogP contribution in [-0.2, 0) is 14.3 Å². The molecule has 1 aliphatic rings. The minimum atomic E-state index is -1.57. The Morgan fingerprint density at radius 2 is 1.62 bits per heavy atom. The Bertz CT molecular complexity index is 349. The summed E-state index contributed by atoms with van der Waals surface area (Å²) < 4.78 is 4.58. The maximum absolute atomic E-state index is 9.99. The Morgan fingerprint density at radius 1 is 1.10 bits per heavy atom. The third kappa shape index (κ3) is 6.31. The van der Waals surface area contributed by atoms with E-state index in [1.165, 1.54) is 0 Å². The number of amides is 1. The number of carboxylic acid groups (broad SMARTS) is 1. The molecule has 1 unspecified atom stereocenters. The Morgan fingerprint density at radius 3 is 1.95 bits per heavy atom. The highest BCUT2D eigenvalue weighted by Crippen LogP contribution is 2.18. The highest BCUT2D eigenvalue weighted by molar-refractivity contribution is 5.83. The van der Waals surface area contributed by atoms with Gasteiger partial charge < -0.3 is 46.8 Å². The first-order valence-electron chi connectivity index (χ1n) is 5.87. The normalized spacial score (nSPS) is 33.5. The molecule has 0 spiro atoms. The second kappa shape index (κ2) is 8.84. The fraction of sp³-hybridized carbons (Fsp3) is 0.800. The average molecular weight is 312 g/mol. The summed E-state index contributed by atoms with van der Waals surface area (Å²) in [6.45, 7) is -0.526. The van der Waals surface area contributed by atoms with E-state index in [9.17, 15) is 9.59 Å².